The Hall–Kier alpha value is -0.130. The molecule has 86 valence electrons. The number of nitrogens with zero attached hydrogens (tertiary/aromatic N) is 2. The van der Waals surface area contributed by atoms with Crippen molar-refractivity contribution in [2.75, 3.05) is 12.3 Å². The average Bonchev–Trinajstić information content (AvgIpc) is 2.60. The van der Waals surface area contributed by atoms with Crippen molar-refractivity contribution in [2.24, 2.45) is 0 Å². The largest absolute Gasteiger partial charge is 0.313 e. The van der Waals surface area contributed by atoms with Gasteiger partial charge in [0.25, 0.3) is 0 Å². The molecule has 0 saturated heterocycles. The molecule has 0 aliphatic carbocycles. The molecule has 0 aliphatic heterocycles. The monoisotopic (exact) mass is 245 g/mol. The first-order chi connectivity index (χ1) is 7.22. The molecule has 0 bridgehead atoms. The molecular formula is C10H19N3S2. The van der Waals surface area contributed by atoms with Crippen molar-refractivity contribution >= 4 is 23.1 Å². The van der Waals surface area contributed by atoms with Gasteiger partial charge in [0, 0.05) is 18.3 Å². The van der Waals surface area contributed by atoms with Crippen LogP contribution in [0.2, 0.25) is 0 Å². The molecular weight excluding hydrogens is 226 g/mol. The SMILES string of the molecule is CCCC(C)NCCSc1nnc(C)s1. The lowest BCUT2D eigenvalue weighted by molar-refractivity contribution is 0.526. The summed E-state index contributed by atoms with van der Waals surface area (Å²) in [4.78, 5) is 0. The van der Waals surface area contributed by atoms with Gasteiger partial charge in [-0.05, 0) is 20.3 Å². The Bertz CT molecular complexity index is 275. The highest BCUT2D eigenvalue weighted by Crippen LogP contribution is 2.20. The second-order valence-electron chi connectivity index (χ2n) is 3.58. The predicted octanol–water partition coefficient (Wildman–Crippen LogP) is 2.72. The predicted molar refractivity (Wildman–Crippen MR) is 67.7 cm³/mol. The molecule has 1 atom stereocenters. The van der Waals surface area contributed by atoms with E-state index in [0.29, 0.717) is 6.04 Å². The van der Waals surface area contributed by atoms with Crippen molar-refractivity contribution in [1.29, 1.82) is 0 Å². The van der Waals surface area contributed by atoms with Gasteiger partial charge in [-0.25, -0.2) is 0 Å². The summed E-state index contributed by atoms with van der Waals surface area (Å²) in [6, 6.07) is 0.631. The van der Waals surface area contributed by atoms with Gasteiger partial charge in [-0.15, -0.1) is 10.2 Å². The van der Waals surface area contributed by atoms with Gasteiger partial charge < -0.3 is 5.32 Å². The number of aryl methyl sites for hydroxylation is 1. The summed E-state index contributed by atoms with van der Waals surface area (Å²) in [5.74, 6) is 1.07. The maximum Gasteiger partial charge on any atom is 0.174 e. The van der Waals surface area contributed by atoms with E-state index in [-0.39, 0.29) is 0 Å². The van der Waals surface area contributed by atoms with Gasteiger partial charge in [0.1, 0.15) is 5.01 Å². The van der Waals surface area contributed by atoms with Crippen LogP contribution in [0.15, 0.2) is 4.34 Å². The zero-order valence-electron chi connectivity index (χ0n) is 9.62. The standard InChI is InChI=1S/C10H19N3S2/c1-4-5-8(2)11-6-7-14-10-13-12-9(3)15-10/h8,11H,4-7H2,1-3H3. The number of hydrogen-bond acceptors (Lipinski definition) is 5. The second kappa shape index (κ2) is 7.19. The molecule has 1 aromatic heterocycles. The van der Waals surface area contributed by atoms with E-state index in [1.165, 1.54) is 12.8 Å². The Kier molecular flexibility index (Phi) is 6.20. The van der Waals surface area contributed by atoms with E-state index in [2.05, 4.69) is 29.4 Å². The molecule has 0 amide bonds. The lowest BCUT2D eigenvalue weighted by Crippen LogP contribution is -2.27. The van der Waals surface area contributed by atoms with Gasteiger partial charge in [-0.2, -0.15) is 0 Å². The van der Waals surface area contributed by atoms with E-state index in [1.807, 2.05) is 6.92 Å². The van der Waals surface area contributed by atoms with Crippen molar-refractivity contribution in [2.45, 2.75) is 44.0 Å². The molecule has 0 saturated carbocycles. The third kappa shape index (κ3) is 5.49. The molecule has 1 unspecified atom stereocenters. The zero-order chi connectivity index (χ0) is 11.1. The summed E-state index contributed by atoms with van der Waals surface area (Å²) >= 11 is 3.45. The molecule has 15 heavy (non-hydrogen) atoms. The van der Waals surface area contributed by atoms with Gasteiger partial charge in [0.05, 0.1) is 0 Å². The number of aromatic nitrogens is 2. The highest BCUT2D eigenvalue weighted by atomic mass is 32.2. The first kappa shape index (κ1) is 12.9. The second-order valence-corrected chi connectivity index (χ2v) is 6.10. The van der Waals surface area contributed by atoms with Crippen molar-refractivity contribution < 1.29 is 0 Å². The van der Waals surface area contributed by atoms with E-state index < -0.39 is 0 Å². The Morgan fingerprint density at radius 1 is 1.47 bits per heavy atom. The van der Waals surface area contributed by atoms with Crippen LogP contribution in [0.3, 0.4) is 0 Å². The van der Waals surface area contributed by atoms with Gasteiger partial charge >= 0.3 is 0 Å². The lowest BCUT2D eigenvalue weighted by atomic mass is 10.2. The maximum atomic E-state index is 4.07. The van der Waals surface area contributed by atoms with E-state index in [0.717, 1.165) is 21.6 Å². The summed E-state index contributed by atoms with van der Waals surface area (Å²) in [5, 5.41) is 12.6. The van der Waals surface area contributed by atoms with Gasteiger partial charge in [-0.1, -0.05) is 36.4 Å². The molecule has 0 aliphatic rings. The fourth-order valence-corrected chi connectivity index (χ4v) is 3.07. The molecule has 1 N–H and O–H groups in total. The highest BCUT2D eigenvalue weighted by Gasteiger charge is 2.02. The fraction of sp³-hybridized carbons (Fsp3) is 0.800. The maximum absolute atomic E-state index is 4.07. The minimum Gasteiger partial charge on any atom is -0.313 e. The molecule has 1 aromatic rings. The molecule has 3 nitrogen and oxygen atoms in total. The van der Waals surface area contributed by atoms with Crippen LogP contribution >= 0.6 is 23.1 Å². The molecule has 0 aromatic carbocycles. The Labute approximate surface area is 100 Å². The minimum absolute atomic E-state index is 0.631. The van der Waals surface area contributed by atoms with Gasteiger partial charge in [0.15, 0.2) is 4.34 Å². The highest BCUT2D eigenvalue weighted by molar-refractivity contribution is 8.01. The summed E-state index contributed by atoms with van der Waals surface area (Å²) in [5.41, 5.74) is 0. The first-order valence-corrected chi connectivity index (χ1v) is 7.19. The summed E-state index contributed by atoms with van der Waals surface area (Å²) in [6.45, 7) is 7.49. The van der Waals surface area contributed by atoms with Crippen molar-refractivity contribution in [3.63, 3.8) is 0 Å². The van der Waals surface area contributed by atoms with Crippen molar-refractivity contribution in [3.05, 3.63) is 5.01 Å². The van der Waals surface area contributed by atoms with Crippen LogP contribution in [-0.2, 0) is 0 Å². The van der Waals surface area contributed by atoms with Crippen LogP contribution < -0.4 is 5.32 Å². The van der Waals surface area contributed by atoms with Gasteiger partial charge in [0.2, 0.25) is 0 Å². The summed E-state index contributed by atoms with van der Waals surface area (Å²) < 4.78 is 1.08. The lowest BCUT2D eigenvalue weighted by Gasteiger charge is -2.11. The van der Waals surface area contributed by atoms with Gasteiger partial charge in [-0.3, -0.25) is 0 Å². The number of thioether (sulfide) groups is 1. The number of hydrogen-bond donors (Lipinski definition) is 1. The van der Waals surface area contributed by atoms with Crippen LogP contribution in [-0.4, -0.2) is 28.5 Å². The molecule has 5 heteroatoms. The molecule has 1 rings (SSSR count). The Balaban J connectivity index is 2.06. The number of rotatable bonds is 7. The van der Waals surface area contributed by atoms with Crippen molar-refractivity contribution in [3.8, 4) is 0 Å². The third-order valence-electron chi connectivity index (χ3n) is 2.05. The molecule has 0 fully saturated rings. The van der Waals surface area contributed by atoms with Crippen molar-refractivity contribution in [1.82, 2.24) is 15.5 Å². The Morgan fingerprint density at radius 2 is 2.27 bits per heavy atom. The zero-order valence-corrected chi connectivity index (χ0v) is 11.2. The fourth-order valence-electron chi connectivity index (χ4n) is 1.32. The Morgan fingerprint density at radius 3 is 2.87 bits per heavy atom. The summed E-state index contributed by atoms with van der Waals surface area (Å²) in [6.07, 6.45) is 2.50. The van der Waals surface area contributed by atoms with Crippen LogP contribution in [0, 0.1) is 6.92 Å². The van der Waals surface area contributed by atoms with E-state index >= 15 is 0 Å². The van der Waals surface area contributed by atoms with Crippen LogP contribution in [0.5, 0.6) is 0 Å². The molecule has 1 heterocycles. The van der Waals surface area contributed by atoms with E-state index in [1.54, 1.807) is 23.1 Å². The smallest absolute Gasteiger partial charge is 0.174 e. The van der Waals surface area contributed by atoms with Crippen LogP contribution in [0.1, 0.15) is 31.7 Å². The summed E-state index contributed by atoms with van der Waals surface area (Å²) in [7, 11) is 0. The average molecular weight is 245 g/mol. The normalized spacial score (nSPS) is 13.0. The van der Waals surface area contributed by atoms with E-state index in [4.69, 9.17) is 0 Å². The van der Waals surface area contributed by atoms with E-state index in [9.17, 15) is 0 Å². The van der Waals surface area contributed by atoms with Crippen LogP contribution in [0.25, 0.3) is 0 Å². The topological polar surface area (TPSA) is 37.8 Å². The first-order valence-electron chi connectivity index (χ1n) is 5.38. The van der Waals surface area contributed by atoms with Crippen LogP contribution in [0.4, 0.5) is 0 Å². The molecule has 0 radical (unpaired) electrons. The number of nitrogens with one attached hydrogen (secondary N) is 1. The molecule has 0 spiro atoms. The third-order valence-corrected chi connectivity index (χ3v) is 4.02. The quantitative estimate of drug-likeness (QED) is 0.592. The minimum atomic E-state index is 0.631.